The minimum absolute atomic E-state index is 0.208. The second-order valence-corrected chi connectivity index (χ2v) is 9.43. The highest BCUT2D eigenvalue weighted by molar-refractivity contribution is 7.99. The van der Waals surface area contributed by atoms with Gasteiger partial charge in [-0.1, -0.05) is 12.1 Å². The highest BCUT2D eigenvalue weighted by Crippen LogP contribution is 2.24. The molecule has 2 saturated heterocycles. The van der Waals surface area contributed by atoms with Crippen LogP contribution >= 0.6 is 11.8 Å². The van der Waals surface area contributed by atoms with E-state index in [9.17, 15) is 8.42 Å². The monoisotopic (exact) mass is 356 g/mol. The number of nitrogens with one attached hydrogen (secondary N) is 2. The third kappa shape index (κ3) is 4.70. The second kappa shape index (κ2) is 7.53. The predicted octanol–water partition coefficient (Wildman–Crippen LogP) is 1.56. The zero-order valence-corrected chi connectivity index (χ0v) is 15.0. The molecular formula is C16H24N2O3S2. The van der Waals surface area contributed by atoms with Crippen LogP contribution in [0.5, 0.6) is 0 Å². The lowest BCUT2D eigenvalue weighted by molar-refractivity contribution is 0.128. The fourth-order valence-electron chi connectivity index (χ4n) is 2.97. The molecule has 2 aliphatic rings. The molecule has 128 valence electrons. The lowest BCUT2D eigenvalue weighted by Gasteiger charge is -2.32. The van der Waals surface area contributed by atoms with Crippen molar-refractivity contribution in [3.63, 3.8) is 0 Å². The Morgan fingerprint density at radius 2 is 2.04 bits per heavy atom. The number of benzene rings is 1. The summed E-state index contributed by atoms with van der Waals surface area (Å²) in [6, 6.07) is 7.40. The normalized spacial score (nSPS) is 28.8. The zero-order chi connectivity index (χ0) is 16.3. The van der Waals surface area contributed by atoms with Gasteiger partial charge in [-0.05, 0) is 30.5 Å². The van der Waals surface area contributed by atoms with Crippen LogP contribution in [0.3, 0.4) is 0 Å². The number of thioether (sulfide) groups is 1. The van der Waals surface area contributed by atoms with Gasteiger partial charge in [-0.25, -0.2) is 8.42 Å². The summed E-state index contributed by atoms with van der Waals surface area (Å²) in [5, 5.41) is 7.46. The van der Waals surface area contributed by atoms with Gasteiger partial charge in [0.1, 0.15) is 0 Å². The molecule has 0 amide bonds. The third-order valence-corrected chi connectivity index (χ3v) is 6.68. The molecule has 0 aromatic heterocycles. The Morgan fingerprint density at radius 3 is 2.70 bits per heavy atom. The summed E-state index contributed by atoms with van der Waals surface area (Å²) in [5.74, 6) is 1.03. The van der Waals surface area contributed by atoms with Gasteiger partial charge in [0.25, 0.3) is 0 Å². The molecule has 0 saturated carbocycles. The fraction of sp³-hybridized carbons (Fsp3) is 0.625. The third-order valence-electron chi connectivity index (χ3n) is 4.28. The van der Waals surface area contributed by atoms with E-state index in [0.29, 0.717) is 16.4 Å². The predicted molar refractivity (Wildman–Crippen MR) is 93.5 cm³/mol. The van der Waals surface area contributed by atoms with Crippen molar-refractivity contribution in [3.8, 4) is 0 Å². The summed E-state index contributed by atoms with van der Waals surface area (Å²) in [5.41, 5.74) is 1.12. The Morgan fingerprint density at radius 1 is 1.26 bits per heavy atom. The zero-order valence-electron chi connectivity index (χ0n) is 13.3. The van der Waals surface area contributed by atoms with Crippen molar-refractivity contribution >= 4 is 21.6 Å². The van der Waals surface area contributed by atoms with E-state index in [0.717, 1.165) is 31.0 Å². The Hall–Kier alpha value is -0.600. The number of hydrogen-bond donors (Lipinski definition) is 2. The summed E-state index contributed by atoms with van der Waals surface area (Å²) in [7, 11) is -3.13. The summed E-state index contributed by atoms with van der Waals surface area (Å²) < 4.78 is 28.8. The van der Waals surface area contributed by atoms with E-state index < -0.39 is 9.84 Å². The molecule has 7 heteroatoms. The van der Waals surface area contributed by atoms with Gasteiger partial charge in [-0.2, -0.15) is 0 Å². The van der Waals surface area contributed by atoms with Crippen molar-refractivity contribution in [1.82, 2.24) is 10.6 Å². The van der Waals surface area contributed by atoms with E-state index in [1.54, 1.807) is 12.1 Å². The maximum atomic E-state index is 11.5. The minimum atomic E-state index is -3.13. The molecule has 23 heavy (non-hydrogen) atoms. The van der Waals surface area contributed by atoms with Gasteiger partial charge in [-0.3, -0.25) is 5.32 Å². The summed E-state index contributed by atoms with van der Waals surface area (Å²) >= 11 is 1.91. The fourth-order valence-corrected chi connectivity index (χ4v) is 4.81. The van der Waals surface area contributed by atoms with E-state index in [1.165, 1.54) is 19.1 Å². The molecule has 3 atom stereocenters. The lowest BCUT2D eigenvalue weighted by Crippen LogP contribution is -2.49. The lowest BCUT2D eigenvalue weighted by atomic mass is 10.1. The molecule has 5 nitrogen and oxygen atoms in total. The van der Waals surface area contributed by atoms with Crippen molar-refractivity contribution in [2.75, 3.05) is 31.7 Å². The van der Waals surface area contributed by atoms with Gasteiger partial charge in [0.05, 0.1) is 16.4 Å². The van der Waals surface area contributed by atoms with Crippen molar-refractivity contribution < 1.29 is 13.2 Å². The van der Waals surface area contributed by atoms with Crippen molar-refractivity contribution in [1.29, 1.82) is 0 Å². The summed E-state index contributed by atoms with van der Waals surface area (Å²) in [4.78, 5) is 0.370. The van der Waals surface area contributed by atoms with Crippen LogP contribution in [-0.4, -0.2) is 51.6 Å². The Bertz CT molecular complexity index is 613. The van der Waals surface area contributed by atoms with Crippen LogP contribution in [0.15, 0.2) is 29.2 Å². The largest absolute Gasteiger partial charge is 0.377 e. The van der Waals surface area contributed by atoms with Gasteiger partial charge >= 0.3 is 0 Å². The highest BCUT2D eigenvalue weighted by Gasteiger charge is 2.24. The molecule has 2 aliphatic heterocycles. The summed E-state index contributed by atoms with van der Waals surface area (Å²) in [6.45, 7) is 2.70. The van der Waals surface area contributed by atoms with Crippen LogP contribution in [0.2, 0.25) is 0 Å². The standard InChI is InChI=1S/C16H24N2O3S2/c1-23(19,20)14-6-4-12(5-7-14)15-9-17-10-16(18-15)22-11-13-3-2-8-21-13/h4-7,13,15-18H,2-3,8-11H2,1H3. The second-order valence-electron chi connectivity index (χ2n) is 6.18. The average molecular weight is 357 g/mol. The number of rotatable bonds is 5. The van der Waals surface area contributed by atoms with Crippen LogP contribution in [0, 0.1) is 0 Å². The first-order chi connectivity index (χ1) is 11.0. The molecule has 1 aromatic carbocycles. The van der Waals surface area contributed by atoms with Crippen molar-refractivity contribution in [2.45, 2.75) is 35.3 Å². The molecule has 0 bridgehead atoms. The first kappa shape index (κ1) is 17.2. The van der Waals surface area contributed by atoms with Gasteiger partial charge in [-0.15, -0.1) is 11.8 Å². The summed E-state index contributed by atoms with van der Waals surface area (Å²) in [6.07, 6.45) is 3.98. The van der Waals surface area contributed by atoms with E-state index in [-0.39, 0.29) is 6.04 Å². The Kier molecular flexibility index (Phi) is 5.64. The maximum absolute atomic E-state index is 11.5. The molecular weight excluding hydrogens is 332 g/mol. The first-order valence-electron chi connectivity index (χ1n) is 8.02. The van der Waals surface area contributed by atoms with Crippen LogP contribution < -0.4 is 10.6 Å². The van der Waals surface area contributed by atoms with Gasteiger partial charge in [0, 0.05) is 37.7 Å². The minimum Gasteiger partial charge on any atom is -0.377 e. The Balaban J connectivity index is 1.57. The smallest absolute Gasteiger partial charge is 0.175 e. The number of hydrogen-bond acceptors (Lipinski definition) is 6. The molecule has 3 rings (SSSR count). The molecule has 3 unspecified atom stereocenters. The topological polar surface area (TPSA) is 67.4 Å². The van der Waals surface area contributed by atoms with Crippen LogP contribution in [0.4, 0.5) is 0 Å². The molecule has 0 spiro atoms. The van der Waals surface area contributed by atoms with Crippen molar-refractivity contribution in [2.24, 2.45) is 0 Å². The van der Waals surface area contributed by atoms with Gasteiger partial charge < -0.3 is 10.1 Å². The first-order valence-corrected chi connectivity index (χ1v) is 11.0. The number of piperazine rings is 1. The van der Waals surface area contributed by atoms with E-state index in [1.807, 2.05) is 23.9 Å². The molecule has 1 aromatic rings. The molecule has 2 fully saturated rings. The molecule has 0 radical (unpaired) electrons. The van der Waals surface area contributed by atoms with Crippen molar-refractivity contribution in [3.05, 3.63) is 29.8 Å². The molecule has 2 heterocycles. The maximum Gasteiger partial charge on any atom is 0.175 e. The van der Waals surface area contributed by atoms with Crippen LogP contribution in [0.1, 0.15) is 24.4 Å². The molecule has 2 N–H and O–H groups in total. The SMILES string of the molecule is CS(=O)(=O)c1ccc(C2CNCC(SCC3CCCO3)N2)cc1. The quantitative estimate of drug-likeness (QED) is 0.835. The number of ether oxygens (including phenoxy) is 1. The molecule has 0 aliphatic carbocycles. The van der Waals surface area contributed by atoms with Crippen LogP contribution in [0.25, 0.3) is 0 Å². The highest BCUT2D eigenvalue weighted by atomic mass is 32.2. The van der Waals surface area contributed by atoms with E-state index in [2.05, 4.69) is 10.6 Å². The number of sulfone groups is 1. The van der Waals surface area contributed by atoms with Crippen LogP contribution in [-0.2, 0) is 14.6 Å². The van der Waals surface area contributed by atoms with Gasteiger partial charge in [0.15, 0.2) is 9.84 Å². The van der Waals surface area contributed by atoms with E-state index in [4.69, 9.17) is 4.74 Å². The Labute approximate surface area is 142 Å². The van der Waals surface area contributed by atoms with E-state index >= 15 is 0 Å². The average Bonchev–Trinajstić information content (AvgIpc) is 3.06. The van der Waals surface area contributed by atoms with Gasteiger partial charge in [0.2, 0.25) is 0 Å².